The molecule has 0 rings (SSSR count). The predicted molar refractivity (Wildman–Crippen MR) is 161 cm³/mol. The Bertz CT molecular complexity index is 1120. The van der Waals surface area contributed by atoms with Crippen molar-refractivity contribution in [3.05, 3.63) is 0 Å². The number of carboxylic acids is 4. The molecule has 0 aromatic heterocycles. The molecule has 0 aromatic rings. The number of carboxylic acid groups (broad SMARTS) is 4. The summed E-state index contributed by atoms with van der Waals surface area (Å²) in [6, 6.07) is -4.15. The molecule has 262 valence electrons. The van der Waals surface area contributed by atoms with Crippen molar-refractivity contribution in [3.63, 3.8) is 0 Å². The van der Waals surface area contributed by atoms with Crippen LogP contribution < -0.4 is 21.7 Å². The fourth-order valence-corrected chi connectivity index (χ4v) is 4.22. The second-order valence-corrected chi connectivity index (χ2v) is 11.1. The van der Waals surface area contributed by atoms with Crippen LogP contribution in [0.4, 0.5) is 0 Å². The van der Waals surface area contributed by atoms with Crippen LogP contribution in [-0.2, 0) is 43.2 Å². The van der Waals surface area contributed by atoms with E-state index >= 15 is 0 Å². The Kier molecular flexibility index (Phi) is 20.0. The standard InChI is InChI=1S/C29H46N4O13.H2/c1-16(17(2)34)5-3-4-14-31-29(46)21(9-13-26(42)43)33-27(44)18(6-10-23(36)37)15-22(35)20(8-12-25(40)41)32-28(45)19(30)7-11-24(38)39;/h16,18-21H,3-15,30H2,1-2H3,(H,31,46)(H,32,45)(H,33,44)(H,36,37)(H,38,39)(H,40,41)(H,42,43);1H/t16-,18+,19-,20-,21-;/m0./s1. The molecule has 0 unspecified atom stereocenters. The topological polar surface area (TPSA) is 297 Å². The molecule has 46 heavy (non-hydrogen) atoms. The Morgan fingerprint density at radius 1 is 0.630 bits per heavy atom. The maximum absolute atomic E-state index is 13.3. The van der Waals surface area contributed by atoms with Crippen molar-refractivity contribution in [3.8, 4) is 0 Å². The number of amides is 3. The number of unbranched alkanes of at least 4 members (excludes halogenated alkanes) is 1. The van der Waals surface area contributed by atoms with Crippen LogP contribution in [0.1, 0.15) is 92.3 Å². The largest absolute Gasteiger partial charge is 0.481 e. The van der Waals surface area contributed by atoms with Gasteiger partial charge in [0, 0.05) is 51.9 Å². The monoisotopic (exact) mass is 660 g/mol. The summed E-state index contributed by atoms with van der Waals surface area (Å²) in [5, 5.41) is 43.5. The Labute approximate surface area is 267 Å². The van der Waals surface area contributed by atoms with Crippen LogP contribution >= 0.6 is 0 Å². The van der Waals surface area contributed by atoms with E-state index in [1.165, 1.54) is 6.92 Å². The second-order valence-electron chi connectivity index (χ2n) is 11.1. The van der Waals surface area contributed by atoms with Crippen molar-refractivity contribution in [2.24, 2.45) is 17.6 Å². The van der Waals surface area contributed by atoms with Crippen molar-refractivity contribution in [2.45, 2.75) is 109 Å². The molecule has 0 bridgehead atoms. The van der Waals surface area contributed by atoms with Crippen molar-refractivity contribution in [2.75, 3.05) is 6.54 Å². The minimum absolute atomic E-state index is 0. The van der Waals surface area contributed by atoms with E-state index < -0.39 is 110 Å². The molecule has 0 radical (unpaired) electrons. The summed E-state index contributed by atoms with van der Waals surface area (Å²) >= 11 is 0. The fraction of sp³-hybridized carbons (Fsp3) is 0.690. The number of rotatable bonds is 26. The number of hydrogen-bond acceptors (Lipinski definition) is 10. The molecule has 0 fully saturated rings. The van der Waals surface area contributed by atoms with E-state index in [1.54, 1.807) is 6.92 Å². The van der Waals surface area contributed by atoms with Crippen LogP contribution in [0.5, 0.6) is 0 Å². The first-order chi connectivity index (χ1) is 21.4. The highest BCUT2D eigenvalue weighted by Crippen LogP contribution is 2.17. The van der Waals surface area contributed by atoms with Gasteiger partial charge in [-0.3, -0.25) is 43.2 Å². The highest BCUT2D eigenvalue weighted by Gasteiger charge is 2.32. The molecule has 0 saturated heterocycles. The maximum Gasteiger partial charge on any atom is 0.303 e. The minimum Gasteiger partial charge on any atom is -0.481 e. The van der Waals surface area contributed by atoms with E-state index in [4.69, 9.17) is 21.1 Å². The summed E-state index contributed by atoms with van der Waals surface area (Å²) in [6.45, 7) is 3.43. The van der Waals surface area contributed by atoms with Gasteiger partial charge in [-0.15, -0.1) is 0 Å². The Hall–Kier alpha value is -4.41. The molecule has 17 nitrogen and oxygen atoms in total. The van der Waals surface area contributed by atoms with E-state index in [0.29, 0.717) is 19.3 Å². The number of nitrogens with one attached hydrogen (secondary N) is 3. The molecule has 0 spiro atoms. The first-order valence-corrected chi connectivity index (χ1v) is 15.0. The third-order valence-corrected chi connectivity index (χ3v) is 7.22. The maximum atomic E-state index is 13.3. The van der Waals surface area contributed by atoms with Gasteiger partial charge < -0.3 is 42.1 Å². The number of carbonyl (C=O) groups is 9. The van der Waals surface area contributed by atoms with Crippen LogP contribution in [0.3, 0.4) is 0 Å². The van der Waals surface area contributed by atoms with Gasteiger partial charge in [0.2, 0.25) is 17.7 Å². The summed E-state index contributed by atoms with van der Waals surface area (Å²) < 4.78 is 0. The zero-order chi connectivity index (χ0) is 35.4. The van der Waals surface area contributed by atoms with E-state index in [2.05, 4.69) is 16.0 Å². The second kappa shape index (κ2) is 22.2. The van der Waals surface area contributed by atoms with Crippen molar-refractivity contribution < 1.29 is 65.0 Å². The van der Waals surface area contributed by atoms with Crippen LogP contribution in [-0.4, -0.2) is 98.3 Å². The number of aliphatic carboxylic acids is 4. The molecule has 0 aliphatic rings. The Balaban J connectivity index is 0. The molecule has 9 N–H and O–H groups in total. The average Bonchev–Trinajstić information content (AvgIpc) is 2.96. The van der Waals surface area contributed by atoms with E-state index in [0.717, 1.165) is 0 Å². The lowest BCUT2D eigenvalue weighted by molar-refractivity contribution is -0.140. The van der Waals surface area contributed by atoms with Crippen molar-refractivity contribution >= 4 is 53.2 Å². The highest BCUT2D eigenvalue weighted by molar-refractivity contribution is 5.95. The van der Waals surface area contributed by atoms with Crippen molar-refractivity contribution in [1.29, 1.82) is 0 Å². The number of ketones is 2. The Morgan fingerprint density at radius 2 is 1.11 bits per heavy atom. The van der Waals surface area contributed by atoms with Gasteiger partial charge in [0.15, 0.2) is 5.78 Å². The number of hydrogen-bond donors (Lipinski definition) is 8. The summed E-state index contributed by atoms with van der Waals surface area (Å²) in [6.07, 6.45) is -2.42. The molecular weight excluding hydrogens is 612 g/mol. The lowest BCUT2D eigenvalue weighted by Crippen LogP contribution is -2.51. The third-order valence-electron chi connectivity index (χ3n) is 7.22. The van der Waals surface area contributed by atoms with Crippen LogP contribution in [0.25, 0.3) is 0 Å². The first-order valence-electron chi connectivity index (χ1n) is 15.0. The smallest absolute Gasteiger partial charge is 0.303 e. The quantitative estimate of drug-likeness (QED) is 0.0570. The highest BCUT2D eigenvalue weighted by atomic mass is 16.4. The summed E-state index contributed by atoms with van der Waals surface area (Å²) in [7, 11) is 0. The third kappa shape index (κ3) is 19.1. The van der Waals surface area contributed by atoms with Gasteiger partial charge in [-0.2, -0.15) is 0 Å². The van der Waals surface area contributed by atoms with E-state index in [1.807, 2.05) is 0 Å². The van der Waals surface area contributed by atoms with Crippen LogP contribution in [0, 0.1) is 11.8 Å². The molecule has 0 aliphatic carbocycles. The van der Waals surface area contributed by atoms with Gasteiger partial charge in [0.1, 0.15) is 11.8 Å². The van der Waals surface area contributed by atoms with Crippen LogP contribution in [0.15, 0.2) is 0 Å². The van der Waals surface area contributed by atoms with Gasteiger partial charge in [-0.05, 0) is 45.4 Å². The number of carbonyl (C=O) groups excluding carboxylic acids is 5. The van der Waals surface area contributed by atoms with Crippen LogP contribution in [0.2, 0.25) is 0 Å². The first kappa shape index (κ1) is 41.6. The average molecular weight is 661 g/mol. The predicted octanol–water partition coefficient (Wildman–Crippen LogP) is 0.0755. The minimum atomic E-state index is -1.46. The van der Waals surface area contributed by atoms with Gasteiger partial charge in [0.25, 0.3) is 0 Å². The van der Waals surface area contributed by atoms with Gasteiger partial charge in [0.05, 0.1) is 12.1 Å². The molecule has 0 heterocycles. The number of nitrogens with two attached hydrogens (primary N) is 1. The zero-order valence-corrected chi connectivity index (χ0v) is 26.1. The summed E-state index contributed by atoms with van der Waals surface area (Å²) in [5.74, 6) is -9.95. The van der Waals surface area contributed by atoms with Gasteiger partial charge >= 0.3 is 23.9 Å². The summed E-state index contributed by atoms with van der Waals surface area (Å²) in [5.41, 5.74) is 5.68. The normalized spacial score (nSPS) is 14.1. The lowest BCUT2D eigenvalue weighted by Gasteiger charge is -2.24. The molecule has 17 heteroatoms. The van der Waals surface area contributed by atoms with E-state index in [-0.39, 0.29) is 38.9 Å². The SMILES string of the molecule is CC(=O)[C@@H](C)CCCCNC(=O)[C@H](CCC(=O)O)NC(=O)[C@H](CCC(=O)O)CC(=O)[C@H](CCC(=O)O)NC(=O)[C@@H](N)CCC(=O)O.[HH]. The van der Waals surface area contributed by atoms with E-state index in [9.17, 15) is 48.3 Å². The van der Waals surface area contributed by atoms with Crippen molar-refractivity contribution in [1.82, 2.24) is 16.0 Å². The summed E-state index contributed by atoms with van der Waals surface area (Å²) in [4.78, 5) is 108. The van der Waals surface area contributed by atoms with Gasteiger partial charge in [-0.1, -0.05) is 13.3 Å². The molecule has 0 saturated carbocycles. The Morgan fingerprint density at radius 3 is 1.63 bits per heavy atom. The fourth-order valence-electron chi connectivity index (χ4n) is 4.22. The lowest BCUT2D eigenvalue weighted by atomic mass is 9.91. The molecule has 5 atom stereocenters. The molecule has 0 aromatic carbocycles. The zero-order valence-electron chi connectivity index (χ0n) is 26.1. The van der Waals surface area contributed by atoms with Gasteiger partial charge in [-0.25, -0.2) is 0 Å². The molecule has 3 amide bonds. The molecule has 0 aliphatic heterocycles. The number of Topliss-reactive ketones (excluding diaryl/α,β-unsaturated/α-hetero) is 2. The molecular formula is C29H48N4O13.